The summed E-state index contributed by atoms with van der Waals surface area (Å²) >= 11 is 0. The molecular formula is C26H32Li2+2. The van der Waals surface area contributed by atoms with E-state index < -0.39 is 0 Å². The average Bonchev–Trinajstić information content (AvgIpc) is 3.23. The molecule has 0 nitrogen and oxygen atoms in total. The molecule has 0 aliphatic heterocycles. The van der Waals surface area contributed by atoms with Crippen LogP contribution in [0.2, 0.25) is 0 Å². The van der Waals surface area contributed by atoms with Crippen molar-refractivity contribution in [3.63, 3.8) is 0 Å². The zero-order valence-corrected chi connectivity index (χ0v) is 18.9. The third kappa shape index (κ3) is 2.90. The Bertz CT molecular complexity index is 543. The minimum absolute atomic E-state index is 0. The molecule has 0 saturated heterocycles. The molecule has 0 N–H and O–H groups in total. The second-order valence-corrected chi connectivity index (χ2v) is 11.1. The Morgan fingerprint density at radius 2 is 1.07 bits per heavy atom. The van der Waals surface area contributed by atoms with Crippen LogP contribution in [0, 0.1) is 95.7 Å². The van der Waals surface area contributed by atoms with Crippen LogP contribution in [-0.4, -0.2) is 0 Å². The SMILES string of the molecule is CC1(C)[C@H]2C[C]3[CH][CH][C](CC[C]4[CH][CH][C]5C[C@H]6C[C@@H]([C]45)C6(C)C)[C]3[C@@H]1C2.[Li+].[Li+]. The molecule has 8 aliphatic carbocycles. The van der Waals surface area contributed by atoms with Crippen molar-refractivity contribution >= 4 is 0 Å². The summed E-state index contributed by atoms with van der Waals surface area (Å²) in [6.45, 7) is 10.0. The van der Waals surface area contributed by atoms with Gasteiger partial charge in [0.15, 0.2) is 0 Å². The van der Waals surface area contributed by atoms with Crippen LogP contribution in [0.4, 0.5) is 0 Å². The summed E-state index contributed by atoms with van der Waals surface area (Å²) in [7, 11) is 0. The van der Waals surface area contributed by atoms with E-state index in [1.54, 1.807) is 35.5 Å². The van der Waals surface area contributed by atoms with Gasteiger partial charge >= 0.3 is 37.7 Å². The maximum atomic E-state index is 2.51. The summed E-state index contributed by atoms with van der Waals surface area (Å²) in [6.07, 6.45) is 17.9. The van der Waals surface area contributed by atoms with E-state index in [-0.39, 0.29) is 37.7 Å². The first-order valence-electron chi connectivity index (χ1n) is 10.9. The van der Waals surface area contributed by atoms with Crippen molar-refractivity contribution in [2.75, 3.05) is 0 Å². The van der Waals surface area contributed by atoms with Crippen LogP contribution in [0.3, 0.4) is 0 Å². The van der Waals surface area contributed by atoms with E-state index in [0.717, 1.165) is 23.7 Å². The summed E-state index contributed by atoms with van der Waals surface area (Å²) in [4.78, 5) is 0. The normalized spacial score (nSPS) is 42.0. The van der Waals surface area contributed by atoms with Gasteiger partial charge in [-0.3, -0.25) is 0 Å². The molecule has 0 spiro atoms. The molecule has 8 fully saturated rings. The number of hydrogen-bond donors (Lipinski definition) is 0. The molecule has 28 heavy (non-hydrogen) atoms. The first-order valence-corrected chi connectivity index (χ1v) is 10.9. The molecule has 8 saturated carbocycles. The molecule has 8 aliphatic rings. The fourth-order valence-corrected chi connectivity index (χ4v) is 7.37. The molecule has 8 rings (SSSR count). The molecule has 0 aromatic carbocycles. The largest absolute Gasteiger partial charge is 1.00 e. The van der Waals surface area contributed by atoms with Gasteiger partial charge in [-0.25, -0.2) is 0 Å². The molecule has 0 heterocycles. The maximum absolute atomic E-state index is 2.51. The van der Waals surface area contributed by atoms with Gasteiger partial charge in [-0.05, 0) is 134 Å². The van der Waals surface area contributed by atoms with E-state index in [1.807, 2.05) is 0 Å². The van der Waals surface area contributed by atoms with Gasteiger partial charge in [0.1, 0.15) is 0 Å². The van der Waals surface area contributed by atoms with Crippen LogP contribution in [0.25, 0.3) is 0 Å². The molecule has 136 valence electrons. The maximum Gasteiger partial charge on any atom is 1.00 e. The van der Waals surface area contributed by atoms with E-state index in [4.69, 9.17) is 0 Å². The molecule has 2 heteroatoms. The third-order valence-electron chi connectivity index (χ3n) is 9.59. The molecule has 0 aromatic heterocycles. The Labute approximate surface area is 198 Å². The van der Waals surface area contributed by atoms with Gasteiger partial charge in [0, 0.05) is 0 Å². The number of hydrogen-bond acceptors (Lipinski definition) is 0. The van der Waals surface area contributed by atoms with Gasteiger partial charge in [0.05, 0.1) is 0 Å². The van der Waals surface area contributed by atoms with Crippen LogP contribution in [0.1, 0.15) is 66.2 Å². The van der Waals surface area contributed by atoms with Gasteiger partial charge in [-0.1, -0.05) is 27.7 Å². The van der Waals surface area contributed by atoms with Crippen molar-refractivity contribution in [3.8, 4) is 0 Å². The first-order chi connectivity index (χ1) is 12.4. The summed E-state index contributed by atoms with van der Waals surface area (Å²) in [6, 6.07) is 0. The van der Waals surface area contributed by atoms with E-state index in [0.29, 0.717) is 10.8 Å². The predicted molar refractivity (Wildman–Crippen MR) is 106 cm³/mol. The number of rotatable bonds is 3. The van der Waals surface area contributed by atoms with Gasteiger partial charge in [0.2, 0.25) is 0 Å². The predicted octanol–water partition coefficient (Wildman–Crippen LogP) is 0.198. The molecule has 0 amide bonds. The Kier molecular flexibility index (Phi) is 5.89. The monoisotopic (exact) mass is 358 g/mol. The summed E-state index contributed by atoms with van der Waals surface area (Å²) < 4.78 is 0. The first kappa shape index (κ1) is 22.4. The minimum Gasteiger partial charge on any atom is -0.0594 e. The molecule has 0 unspecified atom stereocenters. The van der Waals surface area contributed by atoms with Crippen LogP contribution < -0.4 is 37.7 Å². The van der Waals surface area contributed by atoms with Crippen molar-refractivity contribution in [2.45, 2.75) is 66.2 Å². The average molecular weight is 358 g/mol. The van der Waals surface area contributed by atoms with Crippen molar-refractivity contribution in [3.05, 3.63) is 61.2 Å². The minimum atomic E-state index is 0. The van der Waals surface area contributed by atoms with Crippen LogP contribution >= 0.6 is 0 Å². The van der Waals surface area contributed by atoms with Crippen LogP contribution in [0.15, 0.2) is 0 Å². The van der Waals surface area contributed by atoms with E-state index in [1.165, 1.54) is 38.5 Å². The second kappa shape index (κ2) is 7.37. The Hall–Kier alpha value is 1.19. The summed E-state index contributed by atoms with van der Waals surface area (Å²) in [5, 5.41) is 0. The zero-order valence-electron chi connectivity index (χ0n) is 18.9. The Balaban J connectivity index is 0.000000961. The van der Waals surface area contributed by atoms with Crippen molar-refractivity contribution < 1.29 is 37.7 Å². The molecule has 0 aromatic rings. The van der Waals surface area contributed by atoms with Crippen LogP contribution in [0.5, 0.6) is 0 Å². The Morgan fingerprint density at radius 3 is 1.43 bits per heavy atom. The fourth-order valence-electron chi connectivity index (χ4n) is 7.37. The molecule has 4 atom stereocenters. The van der Waals surface area contributed by atoms with E-state index in [9.17, 15) is 0 Å². The van der Waals surface area contributed by atoms with Gasteiger partial charge < -0.3 is 0 Å². The van der Waals surface area contributed by atoms with E-state index >= 15 is 0 Å². The smallest absolute Gasteiger partial charge is 0.0594 e. The van der Waals surface area contributed by atoms with Crippen LogP contribution in [-0.2, 0) is 0 Å². The fraction of sp³-hybridized carbons (Fsp3) is 0.615. The van der Waals surface area contributed by atoms with Crippen molar-refractivity contribution in [1.29, 1.82) is 0 Å². The quantitative estimate of drug-likeness (QED) is 0.633. The standard InChI is InChI=1S/C26H32.2Li/c1-25(2)19-11-17-9-7-15(23(17)21(25)13-19)5-6-16-8-10-18-12-20-14-22(24(16)18)26(20,3)4;;/h7-10,19-22H,5-6,11-14H2,1-4H3;;/q;2*+1/t19-,20-,21-,22-;;/m0../s1. The van der Waals surface area contributed by atoms with E-state index in [2.05, 4.69) is 53.4 Å². The molecule has 10 radical (unpaired) electrons. The molecular weight excluding hydrogens is 326 g/mol. The third-order valence-corrected chi connectivity index (χ3v) is 9.59. The zero-order chi connectivity index (χ0) is 17.8. The molecule has 4 bridgehead atoms. The van der Waals surface area contributed by atoms with Gasteiger partial charge in [0.25, 0.3) is 0 Å². The van der Waals surface area contributed by atoms with Gasteiger partial charge in [-0.2, -0.15) is 0 Å². The second-order valence-electron chi connectivity index (χ2n) is 11.1. The van der Waals surface area contributed by atoms with Gasteiger partial charge in [-0.15, -0.1) is 0 Å². The van der Waals surface area contributed by atoms with Crippen molar-refractivity contribution in [2.24, 2.45) is 34.5 Å². The Morgan fingerprint density at radius 1 is 0.679 bits per heavy atom. The summed E-state index contributed by atoms with van der Waals surface area (Å²) in [5.41, 5.74) is 1.08. The van der Waals surface area contributed by atoms with Crippen molar-refractivity contribution in [1.82, 2.24) is 0 Å². The topological polar surface area (TPSA) is 0 Å². The summed E-state index contributed by atoms with van der Waals surface area (Å²) in [5.74, 6) is 13.8.